The molecule has 2 heterocycles. The fourth-order valence-electron chi connectivity index (χ4n) is 1.82. The van der Waals surface area contributed by atoms with Crippen LogP contribution in [0.15, 0.2) is 52.9 Å². The summed E-state index contributed by atoms with van der Waals surface area (Å²) >= 11 is 1.36. The van der Waals surface area contributed by atoms with Gasteiger partial charge in [-0.15, -0.1) is 5.10 Å². The molecular weight excluding hydrogens is 286 g/mol. The number of rotatable bonds is 4. The molecule has 0 radical (unpaired) electrons. The van der Waals surface area contributed by atoms with Crippen LogP contribution < -0.4 is 5.32 Å². The fourth-order valence-corrected chi connectivity index (χ4v) is 2.45. The van der Waals surface area contributed by atoms with Crippen LogP contribution >= 0.6 is 11.8 Å². The van der Waals surface area contributed by atoms with Gasteiger partial charge in [-0.1, -0.05) is 36.0 Å². The Morgan fingerprint density at radius 3 is 2.90 bits per heavy atom. The summed E-state index contributed by atoms with van der Waals surface area (Å²) in [5.74, 6) is 0.383. The number of nitrogens with zero attached hydrogens (tertiary/aromatic N) is 4. The Labute approximate surface area is 126 Å². The van der Waals surface area contributed by atoms with Crippen molar-refractivity contribution in [3.05, 3.63) is 53.9 Å². The molecular formula is C14H13N5OS. The van der Waals surface area contributed by atoms with E-state index in [0.717, 1.165) is 12.1 Å². The van der Waals surface area contributed by atoms with Gasteiger partial charge in [-0.25, -0.2) is 0 Å². The van der Waals surface area contributed by atoms with E-state index in [1.54, 1.807) is 12.4 Å². The average Bonchev–Trinajstić information content (AvgIpc) is 3.13. The van der Waals surface area contributed by atoms with Crippen LogP contribution in [0.3, 0.4) is 0 Å². The van der Waals surface area contributed by atoms with Crippen LogP contribution in [0.1, 0.15) is 11.1 Å². The topological polar surface area (TPSA) is 71.6 Å². The van der Waals surface area contributed by atoms with Gasteiger partial charge in [-0.3, -0.25) is 9.48 Å². The molecule has 0 atom stereocenters. The van der Waals surface area contributed by atoms with Crippen molar-refractivity contribution in [2.24, 2.45) is 10.2 Å². The minimum Gasteiger partial charge on any atom is -0.303 e. The molecule has 1 aliphatic heterocycles. The zero-order valence-electron chi connectivity index (χ0n) is 11.1. The molecule has 1 aromatic carbocycles. The zero-order valence-corrected chi connectivity index (χ0v) is 12.0. The number of carbonyl (C=O) groups excluding carboxylic acids is 1. The van der Waals surface area contributed by atoms with Crippen LogP contribution in [0.5, 0.6) is 0 Å². The molecule has 3 rings (SSSR count). The third kappa shape index (κ3) is 3.79. The number of amidine groups is 1. The SMILES string of the molecule is O=C1CSC(=NN=Cc2ccc(Cn3cccn3)cc2)N1. The van der Waals surface area contributed by atoms with Gasteiger partial charge in [-0.2, -0.15) is 10.2 Å². The van der Waals surface area contributed by atoms with Crippen LogP contribution in [0.4, 0.5) is 0 Å². The second-order valence-electron chi connectivity index (χ2n) is 4.43. The van der Waals surface area contributed by atoms with Crippen molar-refractivity contribution in [2.75, 3.05) is 5.75 Å². The van der Waals surface area contributed by atoms with Crippen LogP contribution in [0.2, 0.25) is 0 Å². The van der Waals surface area contributed by atoms with E-state index < -0.39 is 0 Å². The van der Waals surface area contributed by atoms with E-state index in [0.29, 0.717) is 10.9 Å². The van der Waals surface area contributed by atoms with Crippen molar-refractivity contribution in [3.8, 4) is 0 Å². The van der Waals surface area contributed by atoms with Crippen LogP contribution in [-0.4, -0.2) is 32.8 Å². The van der Waals surface area contributed by atoms with E-state index in [-0.39, 0.29) is 5.91 Å². The molecule has 1 amide bonds. The third-order valence-electron chi connectivity index (χ3n) is 2.83. The summed E-state index contributed by atoms with van der Waals surface area (Å²) in [6.07, 6.45) is 5.36. The molecule has 0 bridgehead atoms. The van der Waals surface area contributed by atoms with E-state index in [2.05, 4.69) is 20.6 Å². The number of thioether (sulfide) groups is 1. The second kappa shape index (κ2) is 6.36. The molecule has 1 saturated heterocycles. The largest absolute Gasteiger partial charge is 0.303 e. The van der Waals surface area contributed by atoms with Crippen LogP contribution in [-0.2, 0) is 11.3 Å². The van der Waals surface area contributed by atoms with Gasteiger partial charge in [-0.05, 0) is 17.2 Å². The van der Waals surface area contributed by atoms with Gasteiger partial charge in [0.25, 0.3) is 0 Å². The summed E-state index contributed by atoms with van der Waals surface area (Å²) in [6.45, 7) is 0.745. The summed E-state index contributed by atoms with van der Waals surface area (Å²) in [5.41, 5.74) is 2.12. The molecule has 1 N–H and O–H groups in total. The monoisotopic (exact) mass is 299 g/mol. The normalized spacial score (nSPS) is 16.8. The van der Waals surface area contributed by atoms with E-state index in [1.165, 1.54) is 17.3 Å². The maximum Gasteiger partial charge on any atom is 0.236 e. The van der Waals surface area contributed by atoms with Gasteiger partial charge in [0, 0.05) is 12.4 Å². The number of hydrogen-bond acceptors (Lipinski definition) is 5. The van der Waals surface area contributed by atoms with Gasteiger partial charge >= 0.3 is 0 Å². The molecule has 0 spiro atoms. The lowest BCUT2D eigenvalue weighted by atomic mass is 10.1. The summed E-state index contributed by atoms with van der Waals surface area (Å²) in [6, 6.07) is 9.91. The highest BCUT2D eigenvalue weighted by atomic mass is 32.2. The van der Waals surface area contributed by atoms with Gasteiger partial charge in [0.2, 0.25) is 5.91 Å². The predicted octanol–water partition coefficient (Wildman–Crippen LogP) is 1.48. The minimum atomic E-state index is -0.0306. The highest BCUT2D eigenvalue weighted by Crippen LogP contribution is 2.09. The molecule has 1 aliphatic rings. The zero-order chi connectivity index (χ0) is 14.5. The Balaban J connectivity index is 1.60. The molecule has 0 unspecified atom stereocenters. The lowest BCUT2D eigenvalue weighted by Crippen LogP contribution is -2.19. The Hall–Kier alpha value is -2.41. The smallest absolute Gasteiger partial charge is 0.236 e. The molecule has 106 valence electrons. The molecule has 6 nitrogen and oxygen atoms in total. The minimum absolute atomic E-state index is 0.0306. The number of carbonyl (C=O) groups is 1. The van der Waals surface area contributed by atoms with Crippen molar-refractivity contribution in [1.29, 1.82) is 0 Å². The lowest BCUT2D eigenvalue weighted by molar-refractivity contribution is -0.116. The summed E-state index contributed by atoms with van der Waals surface area (Å²) in [4.78, 5) is 11.0. The first-order chi connectivity index (χ1) is 10.3. The van der Waals surface area contributed by atoms with Gasteiger partial charge in [0.05, 0.1) is 18.5 Å². The van der Waals surface area contributed by atoms with Crippen LogP contribution in [0, 0.1) is 0 Å². The van der Waals surface area contributed by atoms with Crippen molar-refractivity contribution >= 4 is 29.1 Å². The second-order valence-corrected chi connectivity index (χ2v) is 5.40. The molecule has 1 aromatic heterocycles. The standard InChI is InChI=1S/C14H13N5OS/c20-13-10-21-14(17-13)18-15-8-11-2-4-12(5-3-11)9-19-7-1-6-16-19/h1-8H,9-10H2,(H,17,18,20). The number of amides is 1. The number of benzene rings is 1. The number of nitrogens with one attached hydrogen (secondary N) is 1. The average molecular weight is 299 g/mol. The fraction of sp³-hybridized carbons (Fsp3) is 0.143. The van der Waals surface area contributed by atoms with E-state index in [1.807, 2.05) is 41.2 Å². The maximum absolute atomic E-state index is 11.0. The van der Waals surface area contributed by atoms with Crippen LogP contribution in [0.25, 0.3) is 0 Å². The quantitative estimate of drug-likeness (QED) is 0.686. The first kappa shape index (κ1) is 13.6. The van der Waals surface area contributed by atoms with E-state index in [4.69, 9.17) is 0 Å². The van der Waals surface area contributed by atoms with Crippen molar-refractivity contribution in [1.82, 2.24) is 15.1 Å². The van der Waals surface area contributed by atoms with Gasteiger partial charge in [0.1, 0.15) is 0 Å². The van der Waals surface area contributed by atoms with Gasteiger partial charge in [0.15, 0.2) is 5.17 Å². The highest BCUT2D eigenvalue weighted by molar-refractivity contribution is 8.15. The predicted molar refractivity (Wildman–Crippen MR) is 83.4 cm³/mol. The lowest BCUT2D eigenvalue weighted by Gasteiger charge is -2.01. The summed E-state index contributed by atoms with van der Waals surface area (Å²) in [7, 11) is 0. The molecule has 0 aliphatic carbocycles. The maximum atomic E-state index is 11.0. The highest BCUT2D eigenvalue weighted by Gasteiger charge is 2.15. The molecule has 2 aromatic rings. The van der Waals surface area contributed by atoms with Gasteiger partial charge < -0.3 is 5.32 Å². The number of aromatic nitrogens is 2. The van der Waals surface area contributed by atoms with Crippen molar-refractivity contribution in [3.63, 3.8) is 0 Å². The van der Waals surface area contributed by atoms with E-state index in [9.17, 15) is 4.79 Å². The van der Waals surface area contributed by atoms with Crippen molar-refractivity contribution < 1.29 is 4.79 Å². The number of hydrogen-bond donors (Lipinski definition) is 1. The Morgan fingerprint density at radius 2 is 2.24 bits per heavy atom. The molecule has 7 heteroatoms. The third-order valence-corrected chi connectivity index (χ3v) is 3.69. The first-order valence-corrected chi connectivity index (χ1v) is 7.38. The molecule has 1 fully saturated rings. The summed E-state index contributed by atoms with van der Waals surface area (Å²) < 4.78 is 1.87. The van der Waals surface area contributed by atoms with E-state index >= 15 is 0 Å². The Kier molecular flexibility index (Phi) is 4.11. The van der Waals surface area contributed by atoms with Crippen molar-refractivity contribution in [2.45, 2.75) is 6.54 Å². The Morgan fingerprint density at radius 1 is 1.38 bits per heavy atom. The first-order valence-electron chi connectivity index (χ1n) is 6.40. The molecule has 0 saturated carbocycles. The Bertz CT molecular complexity index is 676. The summed E-state index contributed by atoms with van der Waals surface area (Å²) in [5, 5.41) is 15.3. The molecule has 21 heavy (non-hydrogen) atoms.